The number of carbonyl (C=O) groups is 1. The van der Waals surface area contributed by atoms with E-state index in [1.807, 2.05) is 0 Å². The highest BCUT2D eigenvalue weighted by Gasteiger charge is 2.17. The van der Waals surface area contributed by atoms with E-state index >= 15 is 0 Å². The fourth-order valence-corrected chi connectivity index (χ4v) is 1.62. The van der Waals surface area contributed by atoms with Gasteiger partial charge in [0, 0.05) is 12.3 Å². The highest BCUT2D eigenvalue weighted by molar-refractivity contribution is 6.32. The van der Waals surface area contributed by atoms with Crippen LogP contribution in [0.2, 0.25) is 5.02 Å². The van der Waals surface area contributed by atoms with Gasteiger partial charge in [-0.1, -0.05) is 23.7 Å². The topological polar surface area (TPSA) is 103 Å². The van der Waals surface area contributed by atoms with E-state index in [0.717, 1.165) is 12.3 Å². The van der Waals surface area contributed by atoms with Gasteiger partial charge in [0.15, 0.2) is 0 Å². The van der Waals surface area contributed by atoms with Crippen LogP contribution in [0.25, 0.3) is 0 Å². The number of para-hydroxylation sites is 2. The van der Waals surface area contributed by atoms with E-state index in [-0.39, 0.29) is 27.9 Å². The van der Waals surface area contributed by atoms with E-state index in [4.69, 9.17) is 21.4 Å². The van der Waals surface area contributed by atoms with E-state index in [2.05, 4.69) is 4.98 Å². The maximum atomic E-state index is 10.8. The standard InChI is InChI=1S/C12H7ClN2O5/c13-8-5-7(12(16)17)6-14-11(8)20-10-4-2-1-3-9(10)15(18)19/h1-6H,(H,16,17). The summed E-state index contributed by atoms with van der Waals surface area (Å²) in [5, 5.41) is 19.6. The predicted molar refractivity (Wildman–Crippen MR) is 69.4 cm³/mol. The molecule has 0 spiro atoms. The van der Waals surface area contributed by atoms with Gasteiger partial charge in [0.25, 0.3) is 0 Å². The van der Waals surface area contributed by atoms with Gasteiger partial charge in [-0.25, -0.2) is 9.78 Å². The lowest BCUT2D eigenvalue weighted by Crippen LogP contribution is -1.99. The summed E-state index contributed by atoms with van der Waals surface area (Å²) in [6.07, 6.45) is 1.05. The lowest BCUT2D eigenvalue weighted by atomic mass is 10.3. The van der Waals surface area contributed by atoms with Crippen LogP contribution in [0.15, 0.2) is 36.5 Å². The molecule has 0 saturated heterocycles. The number of aromatic nitrogens is 1. The lowest BCUT2D eigenvalue weighted by Gasteiger charge is -2.07. The van der Waals surface area contributed by atoms with E-state index in [1.165, 1.54) is 18.2 Å². The molecule has 2 rings (SSSR count). The van der Waals surface area contributed by atoms with Gasteiger partial charge in [-0.05, 0) is 12.1 Å². The lowest BCUT2D eigenvalue weighted by molar-refractivity contribution is -0.385. The minimum Gasteiger partial charge on any atom is -0.478 e. The quantitative estimate of drug-likeness (QED) is 0.686. The molecule has 0 aliphatic heterocycles. The number of nitro groups is 1. The van der Waals surface area contributed by atoms with Crippen molar-refractivity contribution in [3.05, 3.63) is 57.2 Å². The summed E-state index contributed by atoms with van der Waals surface area (Å²) in [5.74, 6) is -1.32. The Balaban J connectivity index is 2.36. The van der Waals surface area contributed by atoms with Crippen molar-refractivity contribution in [2.45, 2.75) is 0 Å². The normalized spacial score (nSPS) is 10.1. The van der Waals surface area contributed by atoms with Gasteiger partial charge in [-0.2, -0.15) is 0 Å². The first kappa shape index (κ1) is 13.8. The number of halogens is 1. The molecule has 0 aliphatic rings. The zero-order valence-corrected chi connectivity index (χ0v) is 10.6. The van der Waals surface area contributed by atoms with Crippen molar-refractivity contribution in [1.29, 1.82) is 0 Å². The first-order valence-corrected chi connectivity index (χ1v) is 5.67. The summed E-state index contributed by atoms with van der Waals surface area (Å²) in [4.78, 5) is 24.7. The number of pyridine rings is 1. The Labute approximate surface area is 117 Å². The fourth-order valence-electron chi connectivity index (χ4n) is 1.42. The molecule has 2 aromatic rings. The molecular formula is C12H7ClN2O5. The van der Waals surface area contributed by atoms with Gasteiger partial charge < -0.3 is 9.84 Å². The summed E-state index contributed by atoms with van der Waals surface area (Å²) in [6, 6.07) is 6.87. The monoisotopic (exact) mass is 294 g/mol. The molecule has 0 saturated carbocycles. The van der Waals surface area contributed by atoms with Gasteiger partial charge in [0.1, 0.15) is 5.02 Å². The summed E-state index contributed by atoms with van der Waals surface area (Å²) in [7, 11) is 0. The van der Waals surface area contributed by atoms with Crippen LogP contribution >= 0.6 is 11.6 Å². The molecule has 0 atom stereocenters. The predicted octanol–water partition coefficient (Wildman–Crippen LogP) is 3.13. The molecule has 1 N–H and O–H groups in total. The molecule has 7 nitrogen and oxygen atoms in total. The molecule has 0 aliphatic carbocycles. The summed E-state index contributed by atoms with van der Waals surface area (Å²) in [6.45, 7) is 0. The second kappa shape index (κ2) is 5.54. The van der Waals surface area contributed by atoms with E-state index in [9.17, 15) is 14.9 Å². The van der Waals surface area contributed by atoms with Crippen molar-refractivity contribution in [1.82, 2.24) is 4.98 Å². The third kappa shape index (κ3) is 2.83. The SMILES string of the molecule is O=C(O)c1cnc(Oc2ccccc2[N+](=O)[O-])c(Cl)c1. The molecule has 0 fully saturated rings. The molecule has 0 unspecified atom stereocenters. The molecule has 0 radical (unpaired) electrons. The zero-order chi connectivity index (χ0) is 14.7. The number of hydrogen-bond acceptors (Lipinski definition) is 5. The number of carboxylic acids is 1. The van der Waals surface area contributed by atoms with Gasteiger partial charge in [-0.3, -0.25) is 10.1 Å². The molecule has 1 aromatic carbocycles. The van der Waals surface area contributed by atoms with Gasteiger partial charge >= 0.3 is 11.7 Å². The second-order valence-corrected chi connectivity index (χ2v) is 4.05. The Bertz CT molecular complexity index is 689. The summed E-state index contributed by atoms with van der Waals surface area (Å²) < 4.78 is 5.26. The molecule has 102 valence electrons. The van der Waals surface area contributed by atoms with Crippen molar-refractivity contribution in [2.75, 3.05) is 0 Å². The summed E-state index contributed by atoms with van der Waals surface area (Å²) >= 11 is 5.83. The molecular weight excluding hydrogens is 288 g/mol. The second-order valence-electron chi connectivity index (χ2n) is 3.64. The average molecular weight is 295 g/mol. The first-order valence-electron chi connectivity index (χ1n) is 5.29. The minimum atomic E-state index is -1.18. The van der Waals surface area contributed by atoms with E-state index < -0.39 is 10.9 Å². The third-order valence-electron chi connectivity index (χ3n) is 2.32. The van der Waals surface area contributed by atoms with Crippen LogP contribution in [-0.4, -0.2) is 21.0 Å². The highest BCUT2D eigenvalue weighted by Crippen LogP contribution is 2.33. The molecule has 8 heteroatoms. The molecule has 0 amide bonds. The van der Waals surface area contributed by atoms with Crippen LogP contribution in [0.1, 0.15) is 10.4 Å². The molecule has 1 aromatic heterocycles. The van der Waals surface area contributed by atoms with Crippen molar-refractivity contribution in [3.63, 3.8) is 0 Å². The van der Waals surface area contributed by atoms with E-state index in [1.54, 1.807) is 6.07 Å². The Morgan fingerprint density at radius 1 is 1.40 bits per heavy atom. The van der Waals surface area contributed by atoms with Gasteiger partial charge in [0.05, 0.1) is 10.5 Å². The van der Waals surface area contributed by atoms with E-state index in [0.29, 0.717) is 0 Å². The Morgan fingerprint density at radius 2 is 2.10 bits per heavy atom. The first-order chi connectivity index (χ1) is 9.49. The van der Waals surface area contributed by atoms with Gasteiger partial charge in [-0.15, -0.1) is 0 Å². The number of nitro benzene ring substituents is 1. The van der Waals surface area contributed by atoms with Crippen LogP contribution in [-0.2, 0) is 0 Å². The van der Waals surface area contributed by atoms with Crippen LogP contribution in [0.4, 0.5) is 5.69 Å². The van der Waals surface area contributed by atoms with Crippen molar-refractivity contribution in [2.24, 2.45) is 0 Å². The van der Waals surface area contributed by atoms with Crippen molar-refractivity contribution < 1.29 is 19.6 Å². The molecule has 0 bridgehead atoms. The van der Waals surface area contributed by atoms with Crippen LogP contribution in [0.3, 0.4) is 0 Å². The number of ether oxygens (including phenoxy) is 1. The Morgan fingerprint density at radius 3 is 2.70 bits per heavy atom. The number of benzene rings is 1. The number of nitrogens with zero attached hydrogens (tertiary/aromatic N) is 2. The minimum absolute atomic E-state index is 0.0324. The Hall–Kier alpha value is -2.67. The number of rotatable bonds is 4. The highest BCUT2D eigenvalue weighted by atomic mass is 35.5. The number of hydrogen-bond donors (Lipinski definition) is 1. The largest absolute Gasteiger partial charge is 0.478 e. The van der Waals surface area contributed by atoms with Gasteiger partial charge in [0.2, 0.25) is 11.6 Å². The smallest absolute Gasteiger partial charge is 0.337 e. The number of aromatic carboxylic acids is 1. The molecule has 1 heterocycles. The summed E-state index contributed by atoms with van der Waals surface area (Å²) in [5.41, 5.74) is -0.349. The average Bonchev–Trinajstić information content (AvgIpc) is 2.41. The zero-order valence-electron chi connectivity index (χ0n) is 9.82. The van der Waals surface area contributed by atoms with Crippen molar-refractivity contribution in [3.8, 4) is 11.6 Å². The Kier molecular flexibility index (Phi) is 3.81. The van der Waals surface area contributed by atoms with Crippen molar-refractivity contribution >= 4 is 23.3 Å². The van der Waals surface area contributed by atoms with Crippen LogP contribution < -0.4 is 4.74 Å². The van der Waals surface area contributed by atoms with Crippen LogP contribution in [0.5, 0.6) is 11.6 Å². The maximum absolute atomic E-state index is 10.8. The van der Waals surface area contributed by atoms with Crippen LogP contribution in [0, 0.1) is 10.1 Å². The maximum Gasteiger partial charge on any atom is 0.337 e. The fraction of sp³-hybridized carbons (Fsp3) is 0. The molecule has 20 heavy (non-hydrogen) atoms. The number of carboxylic acid groups (broad SMARTS) is 1. The third-order valence-corrected chi connectivity index (χ3v) is 2.59.